The zero-order chi connectivity index (χ0) is 18.3. The standard InChI is InChI=1S/C12H10Cl2N2O.C3H6N2OS/c1-7-5-11(17-2)16-12(15-7)9-4-3-8(13)6-10(9)14;1-2(6)5-3(4)7/h3-6H,1-2H3;1H3,(H3,4,5,6,7). The Morgan fingerprint density at radius 3 is 2.42 bits per heavy atom. The molecule has 0 aliphatic carbocycles. The van der Waals surface area contributed by atoms with E-state index in [1.807, 2.05) is 6.92 Å². The number of rotatable bonds is 2. The number of aryl methyl sites for hydroxylation is 1. The first-order chi connectivity index (χ1) is 11.2. The van der Waals surface area contributed by atoms with Gasteiger partial charge in [0, 0.05) is 29.3 Å². The number of nitrogens with one attached hydrogen (secondary N) is 1. The zero-order valence-electron chi connectivity index (χ0n) is 13.3. The van der Waals surface area contributed by atoms with Gasteiger partial charge in [-0.05, 0) is 37.3 Å². The number of benzene rings is 1. The van der Waals surface area contributed by atoms with Gasteiger partial charge in [-0.2, -0.15) is 4.98 Å². The summed E-state index contributed by atoms with van der Waals surface area (Å²) in [7, 11) is 1.56. The van der Waals surface area contributed by atoms with E-state index in [1.165, 1.54) is 6.92 Å². The van der Waals surface area contributed by atoms with Crippen LogP contribution in [0.3, 0.4) is 0 Å². The van der Waals surface area contributed by atoms with Crippen molar-refractivity contribution in [3.05, 3.63) is 40.0 Å². The minimum Gasteiger partial charge on any atom is -0.481 e. The van der Waals surface area contributed by atoms with Crippen molar-refractivity contribution < 1.29 is 9.53 Å². The molecular formula is C15H16Cl2N4O2S. The van der Waals surface area contributed by atoms with Crippen molar-refractivity contribution in [1.29, 1.82) is 0 Å². The molecule has 0 bridgehead atoms. The SMILES string of the molecule is CC(=O)NC(N)=S.COc1cc(C)nc(-c2ccc(Cl)cc2Cl)n1. The molecule has 2 rings (SSSR count). The molecule has 9 heteroatoms. The molecule has 2 aromatic rings. The van der Waals surface area contributed by atoms with Crippen LogP contribution in [0, 0.1) is 6.92 Å². The van der Waals surface area contributed by atoms with Crippen molar-refractivity contribution >= 4 is 46.4 Å². The highest BCUT2D eigenvalue weighted by molar-refractivity contribution is 7.80. The van der Waals surface area contributed by atoms with Gasteiger partial charge in [0.1, 0.15) is 0 Å². The molecule has 6 nitrogen and oxygen atoms in total. The monoisotopic (exact) mass is 386 g/mol. The summed E-state index contributed by atoms with van der Waals surface area (Å²) in [5.41, 5.74) is 6.44. The van der Waals surface area contributed by atoms with E-state index >= 15 is 0 Å². The molecule has 1 amide bonds. The predicted molar refractivity (Wildman–Crippen MR) is 99.4 cm³/mol. The number of nitrogens with zero attached hydrogens (tertiary/aromatic N) is 2. The topological polar surface area (TPSA) is 90.1 Å². The third-order valence-corrected chi connectivity index (χ3v) is 3.16. The Morgan fingerprint density at radius 1 is 1.29 bits per heavy atom. The number of thiocarbonyl (C=S) groups is 1. The van der Waals surface area contributed by atoms with E-state index in [-0.39, 0.29) is 11.0 Å². The van der Waals surface area contributed by atoms with Gasteiger partial charge in [-0.3, -0.25) is 4.79 Å². The van der Waals surface area contributed by atoms with Crippen molar-refractivity contribution in [3.63, 3.8) is 0 Å². The van der Waals surface area contributed by atoms with Crippen LogP contribution in [0.4, 0.5) is 0 Å². The summed E-state index contributed by atoms with van der Waals surface area (Å²) < 4.78 is 5.10. The Hall–Kier alpha value is -1.96. The number of hydrogen-bond acceptors (Lipinski definition) is 5. The quantitative estimate of drug-likeness (QED) is 0.770. The fourth-order valence-corrected chi connectivity index (χ4v) is 2.25. The molecule has 0 saturated carbocycles. The second-order valence-electron chi connectivity index (χ2n) is 4.54. The molecule has 0 spiro atoms. The number of carbonyl (C=O) groups is 1. The number of halogens is 2. The average Bonchev–Trinajstić information content (AvgIpc) is 2.45. The van der Waals surface area contributed by atoms with Gasteiger partial charge in [0.05, 0.1) is 12.1 Å². The predicted octanol–water partition coefficient (Wildman–Crippen LogP) is 3.13. The van der Waals surface area contributed by atoms with E-state index in [2.05, 4.69) is 27.5 Å². The summed E-state index contributed by atoms with van der Waals surface area (Å²) in [5, 5.41) is 3.30. The van der Waals surface area contributed by atoms with Gasteiger partial charge in [-0.1, -0.05) is 23.2 Å². The van der Waals surface area contributed by atoms with Crippen LogP contribution in [0.15, 0.2) is 24.3 Å². The smallest absolute Gasteiger partial charge is 0.222 e. The number of carbonyl (C=O) groups excluding carboxylic acids is 1. The van der Waals surface area contributed by atoms with Crippen molar-refractivity contribution in [2.24, 2.45) is 5.73 Å². The zero-order valence-corrected chi connectivity index (χ0v) is 15.6. The normalized spacial score (nSPS) is 9.54. The maximum atomic E-state index is 9.98. The molecule has 0 aliphatic rings. The Bertz CT molecular complexity index is 744. The molecule has 1 heterocycles. The molecule has 0 unspecified atom stereocenters. The molecule has 24 heavy (non-hydrogen) atoms. The second-order valence-corrected chi connectivity index (χ2v) is 5.83. The van der Waals surface area contributed by atoms with Crippen LogP contribution in [0.25, 0.3) is 11.4 Å². The fraction of sp³-hybridized carbons (Fsp3) is 0.200. The summed E-state index contributed by atoms with van der Waals surface area (Å²) in [6.45, 7) is 3.22. The summed E-state index contributed by atoms with van der Waals surface area (Å²) in [5.74, 6) is 0.814. The molecule has 0 aliphatic heterocycles. The Balaban J connectivity index is 0.000000351. The molecule has 0 radical (unpaired) electrons. The van der Waals surface area contributed by atoms with Gasteiger partial charge >= 0.3 is 0 Å². The first-order valence-corrected chi connectivity index (χ1v) is 7.81. The van der Waals surface area contributed by atoms with Crippen LogP contribution in [0.1, 0.15) is 12.6 Å². The van der Waals surface area contributed by atoms with Crippen LogP contribution in [0.2, 0.25) is 10.0 Å². The van der Waals surface area contributed by atoms with E-state index in [9.17, 15) is 4.79 Å². The highest BCUT2D eigenvalue weighted by atomic mass is 35.5. The first kappa shape index (κ1) is 20.1. The summed E-state index contributed by atoms with van der Waals surface area (Å²) in [4.78, 5) is 18.6. The van der Waals surface area contributed by atoms with E-state index in [0.29, 0.717) is 21.7 Å². The van der Waals surface area contributed by atoms with E-state index < -0.39 is 0 Å². The first-order valence-electron chi connectivity index (χ1n) is 6.65. The van der Waals surface area contributed by atoms with Crippen LogP contribution in [-0.2, 0) is 4.79 Å². The minimum atomic E-state index is -0.229. The number of hydrogen-bond donors (Lipinski definition) is 2. The molecular weight excluding hydrogens is 371 g/mol. The minimum absolute atomic E-state index is 0.0208. The van der Waals surface area contributed by atoms with Gasteiger partial charge in [-0.15, -0.1) is 0 Å². The Morgan fingerprint density at radius 2 is 1.96 bits per heavy atom. The van der Waals surface area contributed by atoms with Crippen LogP contribution in [0.5, 0.6) is 5.88 Å². The number of amides is 1. The highest BCUT2D eigenvalue weighted by Gasteiger charge is 2.09. The third-order valence-electron chi connectivity index (χ3n) is 2.51. The van der Waals surface area contributed by atoms with Crippen molar-refractivity contribution in [1.82, 2.24) is 15.3 Å². The lowest BCUT2D eigenvalue weighted by Gasteiger charge is -2.06. The van der Waals surface area contributed by atoms with Gasteiger partial charge in [0.15, 0.2) is 10.9 Å². The summed E-state index contributed by atoms with van der Waals surface area (Å²) in [6.07, 6.45) is 0. The molecule has 3 N–H and O–H groups in total. The van der Waals surface area contributed by atoms with Crippen molar-refractivity contribution in [2.45, 2.75) is 13.8 Å². The summed E-state index contributed by atoms with van der Waals surface area (Å²) >= 11 is 16.3. The molecule has 1 aromatic heterocycles. The lowest BCUT2D eigenvalue weighted by molar-refractivity contribution is -0.117. The van der Waals surface area contributed by atoms with Crippen LogP contribution >= 0.6 is 35.4 Å². The Labute approximate surface area is 155 Å². The number of aromatic nitrogens is 2. The van der Waals surface area contributed by atoms with Crippen molar-refractivity contribution in [3.8, 4) is 17.3 Å². The Kier molecular flexibility index (Phi) is 7.84. The van der Waals surface area contributed by atoms with E-state index in [1.54, 1.807) is 31.4 Å². The van der Waals surface area contributed by atoms with Gasteiger partial charge in [0.25, 0.3) is 0 Å². The van der Waals surface area contributed by atoms with Crippen LogP contribution < -0.4 is 15.8 Å². The largest absolute Gasteiger partial charge is 0.481 e. The number of nitrogens with two attached hydrogens (primary N) is 1. The van der Waals surface area contributed by atoms with Crippen LogP contribution in [-0.4, -0.2) is 28.1 Å². The van der Waals surface area contributed by atoms with E-state index in [0.717, 1.165) is 11.3 Å². The third kappa shape index (κ3) is 6.66. The van der Waals surface area contributed by atoms with Gasteiger partial charge < -0.3 is 15.8 Å². The lowest BCUT2D eigenvalue weighted by Crippen LogP contribution is -2.32. The lowest BCUT2D eigenvalue weighted by atomic mass is 10.2. The van der Waals surface area contributed by atoms with Gasteiger partial charge in [-0.25, -0.2) is 4.98 Å². The maximum absolute atomic E-state index is 9.98. The average molecular weight is 387 g/mol. The number of ether oxygens (including phenoxy) is 1. The molecule has 1 aromatic carbocycles. The maximum Gasteiger partial charge on any atom is 0.222 e. The fourth-order valence-electron chi connectivity index (χ4n) is 1.61. The van der Waals surface area contributed by atoms with E-state index in [4.69, 9.17) is 33.7 Å². The second kappa shape index (κ2) is 9.36. The van der Waals surface area contributed by atoms with Gasteiger partial charge in [0.2, 0.25) is 11.8 Å². The summed E-state index contributed by atoms with van der Waals surface area (Å²) in [6, 6.07) is 6.96. The number of methoxy groups -OCH3 is 1. The molecule has 0 saturated heterocycles. The molecule has 0 fully saturated rings. The molecule has 0 atom stereocenters. The highest BCUT2D eigenvalue weighted by Crippen LogP contribution is 2.29. The molecule has 128 valence electrons. The van der Waals surface area contributed by atoms with Crippen molar-refractivity contribution in [2.75, 3.05) is 7.11 Å².